The van der Waals surface area contributed by atoms with E-state index in [0.29, 0.717) is 29.0 Å². The largest absolute Gasteiger partial charge is 0.490 e. The number of carbonyl (C=O) groups is 1. The molecule has 0 bridgehead atoms. The Bertz CT molecular complexity index is 1500. The third-order valence-electron chi connectivity index (χ3n) is 7.76. The normalized spacial score (nSPS) is 16.7. The quantitative estimate of drug-likeness (QED) is 0.206. The summed E-state index contributed by atoms with van der Waals surface area (Å²) in [5.41, 5.74) is 2.30. The van der Waals surface area contributed by atoms with Crippen LogP contribution in [0.3, 0.4) is 0 Å². The van der Waals surface area contributed by atoms with Crippen LogP contribution in [0.2, 0.25) is 0 Å². The number of nitrogens with one attached hydrogen (secondary N) is 1. The molecule has 226 valence electrons. The number of aromatic nitrogens is 4. The van der Waals surface area contributed by atoms with E-state index < -0.39 is 5.60 Å². The standard InChI is InChI=1S/C33H39N5O5/c1-7-33(8-2,22-9-13-25(14-10-22)40-27-19-24(20-27)35-31(39)42-32(4,5)6)23-11-15-26(16-12-23)41-29-18-17-28(36-37-29)30-34-21(3)43-38-30/h9-18,24,27H,7-8,19-20H2,1-6H3,(H,35,39). The zero-order valence-corrected chi connectivity index (χ0v) is 25.6. The summed E-state index contributed by atoms with van der Waals surface area (Å²) in [6.45, 7) is 11.7. The van der Waals surface area contributed by atoms with Crippen molar-refractivity contribution in [3.05, 3.63) is 77.7 Å². The summed E-state index contributed by atoms with van der Waals surface area (Å²) in [5, 5.41) is 15.1. The third-order valence-corrected chi connectivity index (χ3v) is 7.76. The van der Waals surface area contributed by atoms with E-state index in [1.807, 2.05) is 45.0 Å². The van der Waals surface area contributed by atoms with Gasteiger partial charge in [0.1, 0.15) is 28.9 Å². The van der Waals surface area contributed by atoms with Crippen molar-refractivity contribution in [2.75, 3.05) is 0 Å². The maximum atomic E-state index is 12.0. The minimum Gasteiger partial charge on any atom is -0.490 e. The smallest absolute Gasteiger partial charge is 0.407 e. The number of alkyl carbamates (subject to hydrolysis) is 1. The van der Waals surface area contributed by atoms with Crippen molar-refractivity contribution in [3.8, 4) is 28.9 Å². The molecule has 2 aromatic carbocycles. The molecule has 1 aliphatic carbocycles. The molecule has 0 saturated heterocycles. The van der Waals surface area contributed by atoms with Crippen molar-refractivity contribution in [2.45, 2.75) is 90.4 Å². The predicted molar refractivity (Wildman–Crippen MR) is 161 cm³/mol. The molecule has 0 aliphatic heterocycles. The first kappa shape index (κ1) is 30.0. The number of nitrogens with zero attached hydrogens (tertiary/aromatic N) is 4. The molecule has 1 saturated carbocycles. The molecule has 1 fully saturated rings. The van der Waals surface area contributed by atoms with Crippen LogP contribution in [-0.2, 0) is 10.2 Å². The molecule has 0 unspecified atom stereocenters. The van der Waals surface area contributed by atoms with Gasteiger partial charge in [-0.05, 0) is 75.1 Å². The molecule has 0 spiro atoms. The van der Waals surface area contributed by atoms with Gasteiger partial charge in [-0.1, -0.05) is 43.3 Å². The van der Waals surface area contributed by atoms with E-state index in [9.17, 15) is 4.79 Å². The average molecular weight is 586 g/mol. The number of hydrogen-bond donors (Lipinski definition) is 1. The Kier molecular flexibility index (Phi) is 8.66. The molecule has 43 heavy (non-hydrogen) atoms. The fourth-order valence-electron chi connectivity index (χ4n) is 5.39. The zero-order valence-electron chi connectivity index (χ0n) is 25.6. The van der Waals surface area contributed by atoms with Crippen LogP contribution in [-0.4, -0.2) is 44.2 Å². The van der Waals surface area contributed by atoms with Gasteiger partial charge in [0.15, 0.2) is 0 Å². The minimum absolute atomic E-state index is 0.0736. The summed E-state index contributed by atoms with van der Waals surface area (Å²) < 4.78 is 22.5. The number of carbonyl (C=O) groups excluding carboxylic acids is 1. The average Bonchev–Trinajstić information content (AvgIpc) is 3.40. The first-order valence-electron chi connectivity index (χ1n) is 14.8. The number of aryl methyl sites for hydroxylation is 1. The van der Waals surface area contributed by atoms with Gasteiger partial charge in [0.05, 0.1) is 0 Å². The third kappa shape index (κ3) is 7.13. The molecular formula is C33H39N5O5. The Hall–Kier alpha value is -4.47. The summed E-state index contributed by atoms with van der Waals surface area (Å²) >= 11 is 0. The van der Waals surface area contributed by atoms with Crippen LogP contribution in [0, 0.1) is 6.92 Å². The van der Waals surface area contributed by atoms with Crippen LogP contribution < -0.4 is 14.8 Å². The Labute approximate surface area is 252 Å². The van der Waals surface area contributed by atoms with Crippen LogP contribution in [0.25, 0.3) is 11.5 Å². The zero-order chi connectivity index (χ0) is 30.6. The first-order valence-corrected chi connectivity index (χ1v) is 14.8. The highest BCUT2D eigenvalue weighted by atomic mass is 16.6. The van der Waals surface area contributed by atoms with Gasteiger partial charge in [-0.3, -0.25) is 0 Å². The Morgan fingerprint density at radius 2 is 1.53 bits per heavy atom. The Balaban J connectivity index is 1.19. The van der Waals surface area contributed by atoms with E-state index in [4.69, 9.17) is 18.7 Å². The summed E-state index contributed by atoms with van der Waals surface area (Å²) in [6, 6.07) is 20.1. The molecule has 2 heterocycles. The molecule has 10 nitrogen and oxygen atoms in total. The minimum atomic E-state index is -0.507. The number of amides is 1. The molecule has 0 atom stereocenters. The SMILES string of the molecule is CCC(CC)(c1ccc(Oc2ccc(-c3noc(C)n3)nn2)cc1)c1ccc(OC2CC(NC(=O)OC(C)(C)C)C2)cc1. The topological polar surface area (TPSA) is 121 Å². The van der Waals surface area contributed by atoms with Gasteiger partial charge >= 0.3 is 6.09 Å². The lowest BCUT2D eigenvalue weighted by Gasteiger charge is -2.36. The van der Waals surface area contributed by atoms with Gasteiger partial charge in [-0.25, -0.2) is 4.79 Å². The van der Waals surface area contributed by atoms with Crippen LogP contribution in [0.5, 0.6) is 17.4 Å². The highest BCUT2D eigenvalue weighted by Gasteiger charge is 2.34. The molecular weight excluding hydrogens is 546 g/mol. The molecule has 0 radical (unpaired) electrons. The maximum Gasteiger partial charge on any atom is 0.407 e. The van der Waals surface area contributed by atoms with Gasteiger partial charge in [0.2, 0.25) is 17.6 Å². The predicted octanol–water partition coefficient (Wildman–Crippen LogP) is 7.17. The summed E-state index contributed by atoms with van der Waals surface area (Å²) in [7, 11) is 0. The van der Waals surface area contributed by atoms with Crippen LogP contribution >= 0.6 is 0 Å². The van der Waals surface area contributed by atoms with Gasteiger partial charge in [0, 0.05) is 37.3 Å². The van der Waals surface area contributed by atoms with Gasteiger partial charge in [0.25, 0.3) is 0 Å². The van der Waals surface area contributed by atoms with E-state index >= 15 is 0 Å². The van der Waals surface area contributed by atoms with Gasteiger partial charge in [-0.2, -0.15) is 4.98 Å². The second-order valence-corrected chi connectivity index (χ2v) is 11.9. The van der Waals surface area contributed by atoms with Crippen molar-refractivity contribution in [1.82, 2.24) is 25.7 Å². The molecule has 4 aromatic rings. The summed E-state index contributed by atoms with van der Waals surface area (Å²) in [5.74, 6) is 2.74. The first-order chi connectivity index (χ1) is 20.6. The Morgan fingerprint density at radius 3 is 2.05 bits per heavy atom. The van der Waals surface area contributed by atoms with Gasteiger partial charge < -0.3 is 24.1 Å². The monoisotopic (exact) mass is 585 g/mol. The lowest BCUT2D eigenvalue weighted by molar-refractivity contribution is 0.0362. The fourth-order valence-corrected chi connectivity index (χ4v) is 5.39. The molecule has 1 N–H and O–H groups in total. The van der Waals surface area contributed by atoms with E-state index in [-0.39, 0.29) is 23.7 Å². The van der Waals surface area contributed by atoms with Gasteiger partial charge in [-0.15, -0.1) is 10.2 Å². The van der Waals surface area contributed by atoms with Crippen molar-refractivity contribution in [2.24, 2.45) is 0 Å². The van der Waals surface area contributed by atoms with Crippen molar-refractivity contribution >= 4 is 6.09 Å². The lowest BCUT2D eigenvalue weighted by atomic mass is 9.70. The molecule has 10 heteroatoms. The van der Waals surface area contributed by atoms with E-state index in [0.717, 1.165) is 31.4 Å². The number of benzene rings is 2. The second-order valence-electron chi connectivity index (χ2n) is 11.9. The highest BCUT2D eigenvalue weighted by molar-refractivity contribution is 5.68. The van der Waals surface area contributed by atoms with E-state index in [1.54, 1.807) is 19.1 Å². The lowest BCUT2D eigenvalue weighted by Crippen LogP contribution is -2.50. The van der Waals surface area contributed by atoms with Crippen LogP contribution in [0.4, 0.5) is 4.79 Å². The van der Waals surface area contributed by atoms with Crippen LogP contribution in [0.1, 0.15) is 77.3 Å². The van der Waals surface area contributed by atoms with Crippen molar-refractivity contribution < 1.29 is 23.5 Å². The summed E-state index contributed by atoms with van der Waals surface area (Å²) in [4.78, 5) is 16.2. The fraction of sp³-hybridized carbons (Fsp3) is 0.424. The number of rotatable bonds is 10. The molecule has 2 aromatic heterocycles. The highest BCUT2D eigenvalue weighted by Crippen LogP contribution is 2.40. The molecule has 1 amide bonds. The Morgan fingerprint density at radius 1 is 0.907 bits per heavy atom. The van der Waals surface area contributed by atoms with Crippen molar-refractivity contribution in [1.29, 1.82) is 0 Å². The molecule has 5 rings (SSSR count). The number of hydrogen-bond acceptors (Lipinski definition) is 9. The maximum absolute atomic E-state index is 12.0. The van der Waals surface area contributed by atoms with Crippen molar-refractivity contribution in [3.63, 3.8) is 0 Å². The summed E-state index contributed by atoms with van der Waals surface area (Å²) in [6.07, 6.45) is 3.09. The number of ether oxygens (including phenoxy) is 3. The second kappa shape index (κ2) is 12.4. The van der Waals surface area contributed by atoms with Crippen LogP contribution in [0.15, 0.2) is 65.2 Å². The molecule has 1 aliphatic rings. The van der Waals surface area contributed by atoms with E-state index in [2.05, 4.69) is 63.8 Å². The van der Waals surface area contributed by atoms with E-state index in [1.165, 1.54) is 11.1 Å².